The number of nitrogens with one attached hydrogen (secondary N) is 2. The quantitative estimate of drug-likeness (QED) is 0.682. The summed E-state index contributed by atoms with van der Waals surface area (Å²) >= 11 is 0. The molecule has 7 nitrogen and oxygen atoms in total. The zero-order chi connectivity index (χ0) is 14.6. The van der Waals surface area contributed by atoms with Gasteiger partial charge in [0.25, 0.3) is 5.56 Å². The van der Waals surface area contributed by atoms with Gasteiger partial charge >= 0.3 is 5.69 Å². The maximum absolute atomic E-state index is 11.8. The van der Waals surface area contributed by atoms with Gasteiger partial charge in [0.15, 0.2) is 0 Å². The Hall–Kier alpha value is -1.76. The molecule has 1 aromatic heterocycles. The molecule has 0 aliphatic rings. The van der Waals surface area contributed by atoms with Crippen molar-refractivity contribution >= 4 is 11.5 Å². The van der Waals surface area contributed by atoms with Gasteiger partial charge in [-0.15, -0.1) is 0 Å². The van der Waals surface area contributed by atoms with E-state index in [0.717, 1.165) is 0 Å². The van der Waals surface area contributed by atoms with Gasteiger partial charge in [0, 0.05) is 13.7 Å². The van der Waals surface area contributed by atoms with E-state index in [-0.39, 0.29) is 23.5 Å². The van der Waals surface area contributed by atoms with Crippen LogP contribution in [0.2, 0.25) is 0 Å². The summed E-state index contributed by atoms with van der Waals surface area (Å²) in [6, 6.07) is -0.0548. The van der Waals surface area contributed by atoms with Gasteiger partial charge in [0.2, 0.25) is 0 Å². The Labute approximate surface area is 111 Å². The number of nitrogens with zero attached hydrogens (tertiary/aromatic N) is 1. The Kier molecular flexibility index (Phi) is 5.17. The van der Waals surface area contributed by atoms with Crippen molar-refractivity contribution in [2.75, 3.05) is 24.3 Å². The zero-order valence-electron chi connectivity index (χ0n) is 11.8. The predicted molar refractivity (Wildman–Crippen MR) is 75.5 cm³/mol. The molecule has 1 heterocycles. The molecular formula is C12H22N4O3. The lowest BCUT2D eigenvalue weighted by atomic mass is 10.1. The van der Waals surface area contributed by atoms with Crippen molar-refractivity contribution in [3.63, 3.8) is 0 Å². The molecule has 0 bridgehead atoms. The molecule has 19 heavy (non-hydrogen) atoms. The van der Waals surface area contributed by atoms with Crippen LogP contribution in [0.25, 0.3) is 0 Å². The molecule has 0 saturated heterocycles. The van der Waals surface area contributed by atoms with Gasteiger partial charge in [0.1, 0.15) is 11.5 Å². The summed E-state index contributed by atoms with van der Waals surface area (Å²) in [5.41, 5.74) is 4.97. The number of hydrogen-bond donors (Lipinski definition) is 3. The minimum absolute atomic E-state index is 0.0548. The van der Waals surface area contributed by atoms with Crippen molar-refractivity contribution in [2.24, 2.45) is 13.0 Å². The first-order valence-corrected chi connectivity index (χ1v) is 6.31. The first-order chi connectivity index (χ1) is 8.88. The molecule has 0 spiro atoms. The number of hydrogen-bond acceptors (Lipinski definition) is 5. The van der Waals surface area contributed by atoms with E-state index in [2.05, 4.69) is 10.3 Å². The second-order valence-corrected chi connectivity index (χ2v) is 4.73. The minimum Gasteiger partial charge on any atom is -0.383 e. The first kappa shape index (κ1) is 15.3. The lowest BCUT2D eigenvalue weighted by Crippen LogP contribution is -2.38. The average Bonchev–Trinajstić information content (AvgIpc) is 2.35. The Morgan fingerprint density at radius 1 is 1.42 bits per heavy atom. The molecule has 1 unspecified atom stereocenters. The number of nitrogens with two attached hydrogens (primary N) is 1. The van der Waals surface area contributed by atoms with Crippen LogP contribution in [0.4, 0.5) is 11.5 Å². The van der Waals surface area contributed by atoms with Gasteiger partial charge in [-0.25, -0.2) is 4.79 Å². The lowest BCUT2D eigenvalue weighted by molar-refractivity contribution is 0.127. The number of rotatable bonds is 6. The summed E-state index contributed by atoms with van der Waals surface area (Å²) in [4.78, 5) is 25.4. The number of aromatic nitrogens is 2. The third kappa shape index (κ3) is 3.60. The molecule has 0 fully saturated rings. The van der Waals surface area contributed by atoms with Crippen LogP contribution < -0.4 is 22.3 Å². The highest BCUT2D eigenvalue weighted by atomic mass is 16.5. The molecule has 1 atom stereocenters. The van der Waals surface area contributed by atoms with Crippen LogP contribution in [0, 0.1) is 5.92 Å². The summed E-state index contributed by atoms with van der Waals surface area (Å²) in [5, 5.41) is 3.06. The molecule has 0 saturated carbocycles. The minimum atomic E-state index is -0.529. The van der Waals surface area contributed by atoms with E-state index in [1.54, 1.807) is 0 Å². The summed E-state index contributed by atoms with van der Waals surface area (Å²) in [5.74, 6) is 0.374. The van der Waals surface area contributed by atoms with Gasteiger partial charge < -0.3 is 15.8 Å². The highest BCUT2D eigenvalue weighted by molar-refractivity contribution is 5.60. The molecular weight excluding hydrogens is 248 g/mol. The maximum Gasteiger partial charge on any atom is 0.329 e. The number of H-pyrrole nitrogens is 1. The molecule has 1 rings (SSSR count). The fraction of sp³-hybridized carbons (Fsp3) is 0.667. The molecule has 0 radical (unpaired) electrons. The van der Waals surface area contributed by atoms with Crippen LogP contribution in [-0.2, 0) is 11.8 Å². The van der Waals surface area contributed by atoms with Crippen LogP contribution in [0.15, 0.2) is 9.59 Å². The molecule has 0 aliphatic carbocycles. The van der Waals surface area contributed by atoms with Crippen molar-refractivity contribution < 1.29 is 4.74 Å². The standard InChI is InChI=1S/C12H22N4O3/c1-5-19-6-8(7(2)3)14-9-10(13)16(4)12(18)15-11(9)17/h7-8,14H,5-6,13H2,1-4H3,(H,15,17,18). The van der Waals surface area contributed by atoms with Gasteiger partial charge in [-0.2, -0.15) is 0 Å². The van der Waals surface area contributed by atoms with Crippen LogP contribution in [0.3, 0.4) is 0 Å². The summed E-state index contributed by atoms with van der Waals surface area (Å²) in [6.07, 6.45) is 0. The Morgan fingerprint density at radius 2 is 2.05 bits per heavy atom. The van der Waals surface area contributed by atoms with E-state index >= 15 is 0 Å². The Bertz CT molecular complexity index is 533. The SMILES string of the molecule is CCOCC(Nc1c(N)n(C)c(=O)[nH]c1=O)C(C)C. The molecule has 4 N–H and O–H groups in total. The van der Waals surface area contributed by atoms with E-state index in [9.17, 15) is 9.59 Å². The molecule has 0 amide bonds. The smallest absolute Gasteiger partial charge is 0.329 e. The van der Waals surface area contributed by atoms with Crippen molar-refractivity contribution in [1.29, 1.82) is 0 Å². The van der Waals surface area contributed by atoms with Crippen LogP contribution in [0.1, 0.15) is 20.8 Å². The fourth-order valence-electron chi connectivity index (χ4n) is 1.61. The van der Waals surface area contributed by atoms with Crippen LogP contribution >= 0.6 is 0 Å². The van der Waals surface area contributed by atoms with E-state index in [1.165, 1.54) is 11.6 Å². The molecule has 1 aromatic rings. The second kappa shape index (κ2) is 6.42. The number of ether oxygens (including phenoxy) is 1. The molecule has 0 aromatic carbocycles. The van der Waals surface area contributed by atoms with Gasteiger partial charge in [-0.05, 0) is 12.8 Å². The second-order valence-electron chi connectivity index (χ2n) is 4.73. The number of anilines is 2. The van der Waals surface area contributed by atoms with E-state index in [0.29, 0.717) is 13.2 Å². The topological polar surface area (TPSA) is 102 Å². The largest absolute Gasteiger partial charge is 0.383 e. The predicted octanol–water partition coefficient (Wildman–Crippen LogP) is 0.129. The summed E-state index contributed by atoms with van der Waals surface area (Å²) in [6.45, 7) is 7.01. The van der Waals surface area contributed by atoms with Crippen LogP contribution in [-0.4, -0.2) is 28.8 Å². The fourth-order valence-corrected chi connectivity index (χ4v) is 1.61. The van der Waals surface area contributed by atoms with Crippen molar-refractivity contribution in [1.82, 2.24) is 9.55 Å². The van der Waals surface area contributed by atoms with E-state index in [1.807, 2.05) is 20.8 Å². The average molecular weight is 270 g/mol. The Balaban J connectivity index is 3.06. The highest BCUT2D eigenvalue weighted by Crippen LogP contribution is 2.14. The van der Waals surface area contributed by atoms with E-state index < -0.39 is 11.2 Å². The monoisotopic (exact) mass is 270 g/mol. The first-order valence-electron chi connectivity index (χ1n) is 6.31. The van der Waals surface area contributed by atoms with Crippen molar-refractivity contribution in [2.45, 2.75) is 26.8 Å². The third-order valence-corrected chi connectivity index (χ3v) is 3.01. The summed E-state index contributed by atoms with van der Waals surface area (Å²) in [7, 11) is 1.51. The molecule has 108 valence electrons. The highest BCUT2D eigenvalue weighted by Gasteiger charge is 2.18. The third-order valence-electron chi connectivity index (χ3n) is 3.01. The van der Waals surface area contributed by atoms with Crippen molar-refractivity contribution in [3.05, 3.63) is 20.8 Å². The van der Waals surface area contributed by atoms with Crippen LogP contribution in [0.5, 0.6) is 0 Å². The lowest BCUT2D eigenvalue weighted by Gasteiger charge is -2.23. The van der Waals surface area contributed by atoms with Crippen molar-refractivity contribution in [3.8, 4) is 0 Å². The van der Waals surface area contributed by atoms with Gasteiger partial charge in [-0.1, -0.05) is 13.8 Å². The van der Waals surface area contributed by atoms with Gasteiger partial charge in [0.05, 0.1) is 12.6 Å². The normalized spacial score (nSPS) is 12.7. The van der Waals surface area contributed by atoms with Gasteiger partial charge in [-0.3, -0.25) is 14.3 Å². The van der Waals surface area contributed by atoms with E-state index in [4.69, 9.17) is 10.5 Å². The zero-order valence-corrected chi connectivity index (χ0v) is 11.8. The molecule has 0 aliphatic heterocycles. The summed E-state index contributed by atoms with van der Waals surface area (Å²) < 4.78 is 6.57. The maximum atomic E-state index is 11.8. The number of aromatic amines is 1. The molecule has 7 heteroatoms. The number of nitrogen functional groups attached to an aromatic ring is 1. The Morgan fingerprint density at radius 3 is 2.58 bits per heavy atom.